The Morgan fingerprint density at radius 2 is 0.950 bits per heavy atom. The van der Waals surface area contributed by atoms with E-state index in [-0.39, 0.29) is 5.56 Å². The Morgan fingerprint density at radius 1 is 0.550 bits per heavy atom. The quantitative estimate of drug-likeness (QED) is 0.1000. The number of aliphatic imine (C=N–C) groups is 1. The van der Waals surface area contributed by atoms with Crippen molar-refractivity contribution in [3.8, 4) is 0 Å². The molecule has 0 saturated carbocycles. The Labute approximate surface area is 221 Å². The predicted molar refractivity (Wildman–Crippen MR) is 132 cm³/mol. The van der Waals surface area contributed by atoms with Crippen molar-refractivity contribution in [3.63, 3.8) is 0 Å². The predicted octanol–water partition coefficient (Wildman–Crippen LogP) is 5.41. The molecule has 4 aromatic rings. The van der Waals surface area contributed by atoms with Gasteiger partial charge in [-0.15, -0.1) is 0 Å². The van der Waals surface area contributed by atoms with E-state index >= 15 is 0 Å². The first-order valence-corrected chi connectivity index (χ1v) is 11.3. The Bertz CT molecular complexity index is 1510. The van der Waals surface area contributed by atoms with Gasteiger partial charge in [0.1, 0.15) is 0 Å². The van der Waals surface area contributed by atoms with Crippen LogP contribution in [0.15, 0.2) is 53.5 Å². The molecule has 40 heavy (non-hydrogen) atoms. The molecule has 0 aromatic heterocycles. The summed E-state index contributed by atoms with van der Waals surface area (Å²) in [7, 11) is 3.57. The van der Waals surface area contributed by atoms with Gasteiger partial charge in [-0.1, -0.05) is 29.7 Å². The normalized spacial score (nSPS) is 11.4. The Hall–Kier alpha value is -4.29. The minimum absolute atomic E-state index is 0.183. The molecule has 4 aromatic carbocycles. The molecular weight excluding hydrogens is 553 g/mol. The molecule has 4 rings (SSSR count). The first kappa shape index (κ1) is 28.7. The van der Waals surface area contributed by atoms with Crippen LogP contribution in [0.3, 0.4) is 0 Å². The number of hydrogen-bond donors (Lipinski definition) is 0. The smallest absolute Gasteiger partial charge is 0.257 e. The third-order valence-corrected chi connectivity index (χ3v) is 6.09. The largest absolute Gasteiger partial charge is 0.378 e. The molecule has 0 radical (unpaired) electrons. The van der Waals surface area contributed by atoms with Gasteiger partial charge in [-0.2, -0.15) is 0 Å². The maximum Gasteiger partial charge on any atom is 0.257 e. The van der Waals surface area contributed by atoms with Gasteiger partial charge in [-0.05, 0) is 29.8 Å². The van der Waals surface area contributed by atoms with Crippen molar-refractivity contribution in [2.45, 2.75) is 0 Å². The van der Waals surface area contributed by atoms with Crippen LogP contribution in [0.25, 0.3) is 0 Å². The fourth-order valence-electron chi connectivity index (χ4n) is 4.08. The summed E-state index contributed by atoms with van der Waals surface area (Å²) in [5, 5.41) is 0. The number of anilines is 1. The zero-order valence-electron chi connectivity index (χ0n) is 20.4. The molecule has 13 heteroatoms. The molecule has 0 amide bonds. The van der Waals surface area contributed by atoms with Gasteiger partial charge in [0.05, 0.1) is 5.69 Å². The lowest BCUT2D eigenvalue weighted by Crippen LogP contribution is -2.59. The summed E-state index contributed by atoms with van der Waals surface area (Å²) in [6.45, 7) is -2.69. The van der Waals surface area contributed by atoms with Crippen LogP contribution in [0, 0.1) is 58.2 Å². The molecule has 206 valence electrons. The minimum Gasteiger partial charge on any atom is -0.378 e. The second-order valence-corrected chi connectivity index (χ2v) is 8.70. The number of halogens is 10. The van der Waals surface area contributed by atoms with Gasteiger partial charge in [0.25, 0.3) is 6.71 Å². The fraction of sp³-hybridized carbons (Fsp3) is 0.0741. The highest BCUT2D eigenvalue weighted by molar-refractivity contribution is 6.96. The lowest BCUT2D eigenvalue weighted by molar-refractivity contribution is 0.382. The van der Waals surface area contributed by atoms with Crippen LogP contribution in [-0.4, -0.2) is 27.0 Å². The third-order valence-electron chi connectivity index (χ3n) is 6.09. The van der Waals surface area contributed by atoms with E-state index in [0.29, 0.717) is 5.69 Å². The van der Waals surface area contributed by atoms with Crippen molar-refractivity contribution in [1.82, 2.24) is 0 Å². The van der Waals surface area contributed by atoms with Crippen LogP contribution in [0.5, 0.6) is 0 Å². The maximum atomic E-state index is 15.0. The average molecular weight is 568 g/mol. The second-order valence-electron chi connectivity index (χ2n) is 8.70. The number of hydrogen-bond acceptors (Lipinski definition) is 2. The van der Waals surface area contributed by atoms with E-state index in [1.807, 2.05) is 0 Å². The molecule has 2 nitrogen and oxygen atoms in total. The van der Waals surface area contributed by atoms with E-state index in [1.54, 1.807) is 43.3 Å². The van der Waals surface area contributed by atoms with Crippen molar-refractivity contribution in [1.29, 1.82) is 0 Å². The number of nitrogens with zero attached hydrogens (tertiary/aromatic N) is 2. The molecule has 0 aliphatic carbocycles. The summed E-state index contributed by atoms with van der Waals surface area (Å²) in [6, 6.07) is 11.2. The van der Waals surface area contributed by atoms with Crippen molar-refractivity contribution < 1.29 is 43.9 Å². The van der Waals surface area contributed by atoms with Gasteiger partial charge < -0.3 is 4.90 Å². The van der Waals surface area contributed by atoms with E-state index < -0.39 is 81.3 Å². The van der Waals surface area contributed by atoms with Crippen molar-refractivity contribution >= 4 is 40.7 Å². The van der Waals surface area contributed by atoms with E-state index in [9.17, 15) is 43.9 Å². The lowest BCUT2D eigenvalue weighted by Gasteiger charge is -2.21. The van der Waals surface area contributed by atoms with Crippen molar-refractivity contribution in [3.05, 3.63) is 112 Å². The summed E-state index contributed by atoms with van der Waals surface area (Å²) < 4.78 is 144. The van der Waals surface area contributed by atoms with Crippen LogP contribution >= 0.6 is 0 Å². The van der Waals surface area contributed by atoms with Gasteiger partial charge in [-0.25, -0.2) is 43.9 Å². The zero-order valence-corrected chi connectivity index (χ0v) is 20.4. The van der Waals surface area contributed by atoms with Gasteiger partial charge in [-0.3, -0.25) is 4.99 Å². The summed E-state index contributed by atoms with van der Waals surface area (Å²) in [5.41, 5.74) is -3.27. The van der Waals surface area contributed by atoms with E-state index in [1.165, 1.54) is 18.2 Å². The molecular formula is C27H15BF10N2. The highest BCUT2D eigenvalue weighted by Crippen LogP contribution is 2.22. The first-order valence-electron chi connectivity index (χ1n) is 11.3. The summed E-state index contributed by atoms with van der Waals surface area (Å²) in [6.07, 6.45) is 1.05. The molecule has 0 atom stereocenters. The first-order chi connectivity index (χ1) is 18.9. The van der Waals surface area contributed by atoms with Gasteiger partial charge in [0.15, 0.2) is 58.2 Å². The molecule has 0 spiro atoms. The van der Waals surface area contributed by atoms with Crippen LogP contribution < -0.4 is 21.3 Å². The molecule has 0 fully saturated rings. The third kappa shape index (κ3) is 4.91. The Morgan fingerprint density at radius 3 is 1.38 bits per heavy atom. The average Bonchev–Trinajstić information content (AvgIpc) is 2.95. The van der Waals surface area contributed by atoms with Crippen LogP contribution in [0.1, 0.15) is 5.56 Å². The Kier molecular flexibility index (Phi) is 7.94. The van der Waals surface area contributed by atoms with Crippen molar-refractivity contribution in [2.24, 2.45) is 4.99 Å². The number of benzene rings is 4. The molecule has 0 N–H and O–H groups in total. The van der Waals surface area contributed by atoms with Crippen LogP contribution in [-0.2, 0) is 0 Å². The maximum absolute atomic E-state index is 15.0. The van der Waals surface area contributed by atoms with E-state index in [2.05, 4.69) is 4.99 Å². The standard InChI is InChI=1S/C27H15BF10N2/c1-40(2)14-9-7-13(8-10-14)39-11-12-5-3-4-6-15(12)28(16-18(29)22(33)26(37)23(34)19(16)30)17-20(31)24(35)27(38)25(36)21(17)32/h3-11H,1-2H3. The van der Waals surface area contributed by atoms with Crippen LogP contribution in [0.4, 0.5) is 55.3 Å². The summed E-state index contributed by atoms with van der Waals surface area (Å²) in [5.74, 6) is -25.1. The molecule has 0 aliphatic rings. The minimum atomic E-state index is -2.69. The Balaban J connectivity index is 2.03. The molecule has 0 aliphatic heterocycles. The SMILES string of the molecule is CN(C)c1ccc(N=Cc2ccccc2B(c2c(F)c(F)c(F)c(F)c2F)c2c(F)c(F)c(F)c(F)c2F)cc1. The summed E-state index contributed by atoms with van der Waals surface area (Å²) in [4.78, 5) is 5.95. The highest BCUT2D eigenvalue weighted by Gasteiger charge is 2.41. The van der Waals surface area contributed by atoms with Gasteiger partial charge >= 0.3 is 0 Å². The molecule has 0 saturated heterocycles. The summed E-state index contributed by atoms with van der Waals surface area (Å²) >= 11 is 0. The molecule has 0 heterocycles. The monoisotopic (exact) mass is 568 g/mol. The van der Waals surface area contributed by atoms with E-state index in [4.69, 9.17) is 0 Å². The topological polar surface area (TPSA) is 15.6 Å². The highest BCUT2D eigenvalue weighted by atomic mass is 19.2. The van der Waals surface area contributed by atoms with Gasteiger partial charge in [0.2, 0.25) is 0 Å². The number of rotatable bonds is 6. The lowest BCUT2D eigenvalue weighted by atomic mass is 9.35. The zero-order chi connectivity index (χ0) is 29.5. The molecule has 0 unspecified atom stereocenters. The molecule has 0 bridgehead atoms. The second kappa shape index (κ2) is 11.1. The fourth-order valence-corrected chi connectivity index (χ4v) is 4.08. The van der Waals surface area contributed by atoms with Gasteiger partial charge in [0, 0.05) is 36.9 Å². The van der Waals surface area contributed by atoms with Crippen molar-refractivity contribution in [2.75, 3.05) is 19.0 Å². The van der Waals surface area contributed by atoms with Crippen LogP contribution in [0.2, 0.25) is 0 Å². The van der Waals surface area contributed by atoms with E-state index in [0.717, 1.165) is 18.0 Å².